The van der Waals surface area contributed by atoms with Gasteiger partial charge in [0.1, 0.15) is 11.1 Å². The van der Waals surface area contributed by atoms with Gasteiger partial charge in [0, 0.05) is 10.7 Å². The molecule has 8 heteroatoms. The maximum absolute atomic E-state index is 13.2. The van der Waals surface area contributed by atoms with Crippen LogP contribution in [0.2, 0.25) is 5.02 Å². The van der Waals surface area contributed by atoms with Gasteiger partial charge in [-0.1, -0.05) is 53.2 Å². The molecule has 1 aliphatic heterocycles. The van der Waals surface area contributed by atoms with E-state index in [-0.39, 0.29) is 11.9 Å². The van der Waals surface area contributed by atoms with Gasteiger partial charge in [0.2, 0.25) is 11.1 Å². The largest absolute Gasteiger partial charge is 0.325 e. The molecule has 3 aromatic rings. The van der Waals surface area contributed by atoms with E-state index < -0.39 is 5.25 Å². The lowest BCUT2D eigenvalue weighted by molar-refractivity contribution is -0.116. The van der Waals surface area contributed by atoms with Crippen LogP contribution in [0.3, 0.4) is 0 Å². The van der Waals surface area contributed by atoms with Gasteiger partial charge >= 0.3 is 0 Å². The third-order valence-electron chi connectivity index (χ3n) is 4.73. The Morgan fingerprint density at radius 3 is 2.61 bits per heavy atom. The van der Waals surface area contributed by atoms with E-state index in [1.54, 1.807) is 0 Å². The first-order valence-electron chi connectivity index (χ1n) is 8.91. The van der Waals surface area contributed by atoms with Gasteiger partial charge in [-0.3, -0.25) is 4.79 Å². The van der Waals surface area contributed by atoms with Crippen LogP contribution >= 0.6 is 23.4 Å². The molecule has 0 unspecified atom stereocenters. The summed E-state index contributed by atoms with van der Waals surface area (Å²) in [6.45, 7) is 5.90. The maximum Gasteiger partial charge on any atom is 0.240 e. The summed E-state index contributed by atoms with van der Waals surface area (Å²) in [6, 6.07) is 13.3. The Labute approximate surface area is 172 Å². The number of aryl methyl sites for hydroxylation is 3. The molecule has 4 rings (SSSR count). The molecule has 0 bridgehead atoms. The van der Waals surface area contributed by atoms with E-state index in [4.69, 9.17) is 11.6 Å². The Morgan fingerprint density at radius 1 is 1.14 bits per heavy atom. The number of rotatable bonds is 3. The third-order valence-corrected chi connectivity index (χ3v) is 6.19. The minimum atomic E-state index is -0.419. The molecule has 2 aromatic carbocycles. The van der Waals surface area contributed by atoms with Crippen molar-refractivity contribution in [1.29, 1.82) is 0 Å². The Morgan fingerprint density at radius 2 is 1.89 bits per heavy atom. The van der Waals surface area contributed by atoms with E-state index in [1.165, 1.54) is 11.8 Å². The average Bonchev–Trinajstić information content (AvgIpc) is 3.04. The molecule has 1 aliphatic rings. The summed E-state index contributed by atoms with van der Waals surface area (Å²) in [7, 11) is 0. The lowest BCUT2D eigenvalue weighted by Gasteiger charge is -2.32. The summed E-state index contributed by atoms with van der Waals surface area (Å²) in [5.41, 5.74) is 7.36. The highest BCUT2D eigenvalue weighted by molar-refractivity contribution is 8.00. The van der Waals surface area contributed by atoms with Crippen molar-refractivity contribution in [1.82, 2.24) is 14.9 Å². The molecule has 2 atom stereocenters. The average molecular weight is 414 g/mol. The first kappa shape index (κ1) is 18.8. The number of anilines is 1. The molecule has 0 fully saturated rings. The lowest BCUT2D eigenvalue weighted by Crippen LogP contribution is -2.41. The molecule has 2 N–H and O–H groups in total. The third kappa shape index (κ3) is 3.59. The van der Waals surface area contributed by atoms with Crippen molar-refractivity contribution in [2.24, 2.45) is 0 Å². The highest BCUT2D eigenvalue weighted by Crippen LogP contribution is 2.37. The number of halogens is 1. The summed E-state index contributed by atoms with van der Waals surface area (Å²) in [5.74, 6) is 0.658. The van der Waals surface area contributed by atoms with Crippen molar-refractivity contribution in [2.75, 3.05) is 10.7 Å². The number of nitrogens with zero attached hydrogens (tertiary/aromatic N) is 3. The quantitative estimate of drug-likeness (QED) is 0.671. The normalized spacial score (nSPS) is 18.3. The van der Waals surface area contributed by atoms with Crippen LogP contribution in [-0.2, 0) is 4.79 Å². The van der Waals surface area contributed by atoms with Crippen molar-refractivity contribution >= 4 is 35.0 Å². The molecule has 0 saturated heterocycles. The molecule has 1 amide bonds. The van der Waals surface area contributed by atoms with Gasteiger partial charge in [0.15, 0.2) is 0 Å². The van der Waals surface area contributed by atoms with Crippen LogP contribution in [0.15, 0.2) is 47.6 Å². The maximum atomic E-state index is 13.2. The highest BCUT2D eigenvalue weighted by Gasteiger charge is 2.37. The van der Waals surface area contributed by atoms with Crippen LogP contribution in [0.4, 0.5) is 5.69 Å². The smallest absolute Gasteiger partial charge is 0.240 e. The summed E-state index contributed by atoms with van der Waals surface area (Å²) >= 11 is 7.45. The minimum Gasteiger partial charge on any atom is -0.325 e. The Kier molecular flexibility index (Phi) is 5.03. The van der Waals surface area contributed by atoms with E-state index in [0.29, 0.717) is 10.2 Å². The number of carbonyl (C=O) groups is 1. The highest BCUT2D eigenvalue weighted by atomic mass is 35.5. The Bertz CT molecular complexity index is 1030. The van der Waals surface area contributed by atoms with Crippen LogP contribution in [0.1, 0.15) is 28.6 Å². The van der Waals surface area contributed by atoms with Crippen molar-refractivity contribution in [3.63, 3.8) is 0 Å². The SMILES string of the molecule is Cc1ccc(NC(=O)[C@@H]2Sc3nnc(C)n3N[C@H]2c2ccc(Cl)cc2)c(C)c1. The first-order valence-corrected chi connectivity index (χ1v) is 10.2. The number of amides is 1. The number of carbonyl (C=O) groups excluding carboxylic acids is 1. The summed E-state index contributed by atoms with van der Waals surface area (Å²) in [6.07, 6.45) is 0. The fraction of sp³-hybridized carbons (Fsp3) is 0.250. The van der Waals surface area contributed by atoms with Gasteiger partial charge in [-0.2, -0.15) is 0 Å². The molecule has 0 radical (unpaired) electrons. The van der Waals surface area contributed by atoms with E-state index >= 15 is 0 Å². The molecule has 2 heterocycles. The van der Waals surface area contributed by atoms with Crippen molar-refractivity contribution in [2.45, 2.75) is 37.2 Å². The Balaban J connectivity index is 1.67. The molecule has 1 aromatic heterocycles. The second kappa shape index (κ2) is 7.48. The number of benzene rings is 2. The molecular weight excluding hydrogens is 394 g/mol. The van der Waals surface area contributed by atoms with Gasteiger partial charge in [0.05, 0.1) is 6.04 Å². The standard InChI is InChI=1S/C20H20ClN5OS/c1-11-4-9-16(12(2)10-11)22-19(27)18-17(14-5-7-15(21)8-6-14)25-26-13(3)23-24-20(26)28-18/h4-10,17-18,25H,1-3H3,(H,22,27)/t17-,18+/m0/s1. The molecule has 0 aliphatic carbocycles. The number of hydrogen-bond acceptors (Lipinski definition) is 5. The van der Waals surface area contributed by atoms with Gasteiger partial charge in [-0.05, 0) is 50.1 Å². The number of aromatic nitrogens is 3. The van der Waals surface area contributed by atoms with E-state index in [2.05, 4.69) is 27.0 Å². The van der Waals surface area contributed by atoms with E-state index in [9.17, 15) is 4.79 Å². The molecule has 0 spiro atoms. The topological polar surface area (TPSA) is 71.8 Å². The molecule has 144 valence electrons. The molecule has 0 saturated carbocycles. The van der Waals surface area contributed by atoms with Gasteiger partial charge in [0.25, 0.3) is 0 Å². The lowest BCUT2D eigenvalue weighted by atomic mass is 10.0. The number of nitrogens with one attached hydrogen (secondary N) is 2. The second-order valence-corrected chi connectivity index (χ2v) is 8.41. The van der Waals surface area contributed by atoms with Gasteiger partial charge in [-0.15, -0.1) is 10.2 Å². The fourth-order valence-corrected chi connectivity index (χ4v) is 4.49. The number of hydrogen-bond donors (Lipinski definition) is 2. The zero-order chi connectivity index (χ0) is 19.8. The zero-order valence-electron chi connectivity index (χ0n) is 15.7. The van der Waals surface area contributed by atoms with Gasteiger partial charge in [-0.25, -0.2) is 4.68 Å². The van der Waals surface area contributed by atoms with Crippen LogP contribution in [0, 0.1) is 20.8 Å². The van der Waals surface area contributed by atoms with Gasteiger partial charge < -0.3 is 10.7 Å². The van der Waals surface area contributed by atoms with Crippen LogP contribution in [0.5, 0.6) is 0 Å². The van der Waals surface area contributed by atoms with Crippen molar-refractivity contribution in [3.05, 3.63) is 70.0 Å². The number of thioether (sulfide) groups is 1. The predicted octanol–water partition coefficient (Wildman–Crippen LogP) is 4.25. The first-order chi connectivity index (χ1) is 13.4. The minimum absolute atomic E-state index is 0.0868. The second-order valence-electron chi connectivity index (χ2n) is 6.87. The predicted molar refractivity (Wildman–Crippen MR) is 113 cm³/mol. The summed E-state index contributed by atoms with van der Waals surface area (Å²) < 4.78 is 1.82. The summed E-state index contributed by atoms with van der Waals surface area (Å²) in [5, 5.41) is 12.3. The van der Waals surface area contributed by atoms with E-state index in [1.807, 2.05) is 61.8 Å². The zero-order valence-corrected chi connectivity index (χ0v) is 17.3. The molecular formula is C20H20ClN5OS. The molecule has 6 nitrogen and oxygen atoms in total. The van der Waals surface area contributed by atoms with Crippen LogP contribution < -0.4 is 10.7 Å². The Hall–Kier alpha value is -2.51. The van der Waals surface area contributed by atoms with Crippen molar-refractivity contribution in [3.8, 4) is 0 Å². The molecule has 28 heavy (non-hydrogen) atoms. The monoisotopic (exact) mass is 413 g/mol. The number of fused-ring (bicyclic) bond motifs is 1. The van der Waals surface area contributed by atoms with Crippen molar-refractivity contribution < 1.29 is 4.79 Å². The van der Waals surface area contributed by atoms with Crippen LogP contribution in [0.25, 0.3) is 0 Å². The van der Waals surface area contributed by atoms with E-state index in [0.717, 1.165) is 28.2 Å². The fourth-order valence-electron chi connectivity index (χ4n) is 3.24. The van der Waals surface area contributed by atoms with Crippen LogP contribution in [-0.4, -0.2) is 26.0 Å². The summed E-state index contributed by atoms with van der Waals surface area (Å²) in [4.78, 5) is 13.2.